The Hall–Kier alpha value is -0.210. The zero-order valence-corrected chi connectivity index (χ0v) is 11.2. The van der Waals surface area contributed by atoms with E-state index < -0.39 is 16.1 Å². The van der Waals surface area contributed by atoms with E-state index in [0.29, 0.717) is 13.0 Å². The number of aliphatic hydroxyl groups is 1. The van der Waals surface area contributed by atoms with Crippen molar-refractivity contribution in [3.05, 3.63) is 0 Å². The van der Waals surface area contributed by atoms with Gasteiger partial charge in [-0.25, -0.2) is 12.7 Å². The summed E-state index contributed by atoms with van der Waals surface area (Å²) in [5.74, 6) is 0. The Morgan fingerprint density at radius 2 is 2.29 bits per heavy atom. The van der Waals surface area contributed by atoms with E-state index >= 15 is 0 Å². The van der Waals surface area contributed by atoms with Gasteiger partial charge in [0.05, 0.1) is 18.0 Å². The highest BCUT2D eigenvalue weighted by Gasteiger charge is 2.31. The fourth-order valence-corrected chi connectivity index (χ4v) is 3.66. The normalized spacial score (nSPS) is 23.9. The Bertz CT molecular complexity index is 314. The maximum atomic E-state index is 12.2. The van der Waals surface area contributed by atoms with Gasteiger partial charge in [0, 0.05) is 27.2 Å². The number of nitrogens with one attached hydrogen (secondary N) is 1. The number of rotatable bonds is 6. The molecule has 0 spiro atoms. The van der Waals surface area contributed by atoms with Crippen LogP contribution in [-0.4, -0.2) is 69.6 Å². The fraction of sp³-hybridized carbons (Fsp3) is 1.00. The molecular weight excluding hydrogens is 244 g/mol. The highest BCUT2D eigenvalue weighted by molar-refractivity contribution is 7.89. The number of ether oxygens (including phenoxy) is 1. The fourth-order valence-electron chi connectivity index (χ4n) is 1.97. The van der Waals surface area contributed by atoms with Gasteiger partial charge in [-0.1, -0.05) is 0 Å². The lowest BCUT2D eigenvalue weighted by Crippen LogP contribution is -2.47. The Morgan fingerprint density at radius 1 is 1.59 bits per heavy atom. The Kier molecular flexibility index (Phi) is 5.81. The third kappa shape index (κ3) is 4.18. The molecule has 0 amide bonds. The Balaban J connectivity index is 2.56. The van der Waals surface area contributed by atoms with E-state index in [1.54, 1.807) is 0 Å². The summed E-state index contributed by atoms with van der Waals surface area (Å²) in [6.07, 6.45) is 0.773. The van der Waals surface area contributed by atoms with Crippen molar-refractivity contribution < 1.29 is 18.3 Å². The van der Waals surface area contributed by atoms with E-state index in [9.17, 15) is 13.5 Å². The first-order valence-corrected chi connectivity index (χ1v) is 7.31. The number of piperidine rings is 1. The summed E-state index contributed by atoms with van der Waals surface area (Å²) in [6, 6.07) is 0. The molecule has 0 radical (unpaired) electrons. The average Bonchev–Trinajstić information content (AvgIpc) is 2.30. The van der Waals surface area contributed by atoms with E-state index in [4.69, 9.17) is 4.74 Å². The number of nitrogens with zero attached hydrogens (tertiary/aromatic N) is 1. The van der Waals surface area contributed by atoms with Gasteiger partial charge in [-0.3, -0.25) is 0 Å². The quantitative estimate of drug-likeness (QED) is 0.645. The van der Waals surface area contributed by atoms with Gasteiger partial charge in [-0.2, -0.15) is 0 Å². The van der Waals surface area contributed by atoms with Gasteiger partial charge in [0.2, 0.25) is 10.0 Å². The smallest absolute Gasteiger partial charge is 0.218 e. The molecule has 0 saturated carbocycles. The second-order valence-electron chi connectivity index (χ2n) is 4.40. The molecule has 2 unspecified atom stereocenters. The zero-order chi connectivity index (χ0) is 12.9. The average molecular weight is 266 g/mol. The number of methoxy groups -OCH3 is 1. The van der Waals surface area contributed by atoms with Crippen LogP contribution in [0.3, 0.4) is 0 Å². The molecule has 0 aromatic carbocycles. The van der Waals surface area contributed by atoms with Crippen molar-refractivity contribution in [2.75, 3.05) is 40.4 Å². The molecule has 2 atom stereocenters. The Labute approximate surface area is 103 Å². The van der Waals surface area contributed by atoms with Crippen LogP contribution in [0.15, 0.2) is 0 Å². The van der Waals surface area contributed by atoms with Gasteiger partial charge in [0.15, 0.2) is 0 Å². The summed E-state index contributed by atoms with van der Waals surface area (Å²) in [5, 5.41) is 12.2. The van der Waals surface area contributed by atoms with Crippen molar-refractivity contribution in [1.82, 2.24) is 9.62 Å². The number of hydrogen-bond donors (Lipinski definition) is 2. The van der Waals surface area contributed by atoms with E-state index in [1.165, 1.54) is 18.5 Å². The maximum absolute atomic E-state index is 12.2. The van der Waals surface area contributed by atoms with Gasteiger partial charge >= 0.3 is 0 Å². The predicted molar refractivity (Wildman–Crippen MR) is 65.3 cm³/mol. The lowest BCUT2D eigenvalue weighted by atomic mass is 10.2. The number of aliphatic hydroxyl groups excluding tert-OH is 1. The molecule has 0 aliphatic carbocycles. The molecule has 1 saturated heterocycles. The molecule has 17 heavy (non-hydrogen) atoms. The van der Waals surface area contributed by atoms with E-state index in [1.807, 2.05) is 0 Å². The van der Waals surface area contributed by atoms with Crippen molar-refractivity contribution in [3.8, 4) is 0 Å². The monoisotopic (exact) mass is 266 g/mol. The van der Waals surface area contributed by atoms with Crippen molar-refractivity contribution in [3.63, 3.8) is 0 Å². The van der Waals surface area contributed by atoms with Gasteiger partial charge < -0.3 is 15.2 Å². The molecule has 6 nitrogen and oxygen atoms in total. The first kappa shape index (κ1) is 14.8. The third-order valence-electron chi connectivity index (χ3n) is 2.93. The van der Waals surface area contributed by atoms with Crippen molar-refractivity contribution in [1.29, 1.82) is 0 Å². The van der Waals surface area contributed by atoms with E-state index in [0.717, 1.165) is 13.0 Å². The van der Waals surface area contributed by atoms with Crippen LogP contribution in [0.2, 0.25) is 0 Å². The molecule has 1 rings (SSSR count). The van der Waals surface area contributed by atoms with E-state index in [2.05, 4.69) is 5.32 Å². The summed E-state index contributed by atoms with van der Waals surface area (Å²) in [4.78, 5) is 0. The second-order valence-corrected chi connectivity index (χ2v) is 6.72. The second kappa shape index (κ2) is 6.65. The summed E-state index contributed by atoms with van der Waals surface area (Å²) >= 11 is 0. The van der Waals surface area contributed by atoms with Gasteiger partial charge in [-0.15, -0.1) is 0 Å². The molecular formula is C10H22N2O4S. The summed E-state index contributed by atoms with van der Waals surface area (Å²) < 4.78 is 30.3. The van der Waals surface area contributed by atoms with Crippen LogP contribution in [0.25, 0.3) is 0 Å². The first-order chi connectivity index (χ1) is 7.98. The molecule has 2 N–H and O–H groups in total. The van der Waals surface area contributed by atoms with Crippen LogP contribution in [0.1, 0.15) is 12.8 Å². The summed E-state index contributed by atoms with van der Waals surface area (Å²) in [7, 11) is -0.342. The highest BCUT2D eigenvalue weighted by atomic mass is 32.2. The van der Waals surface area contributed by atoms with Crippen LogP contribution in [-0.2, 0) is 14.8 Å². The van der Waals surface area contributed by atoms with Crippen molar-refractivity contribution >= 4 is 10.0 Å². The minimum absolute atomic E-state index is 0.0761. The number of likely N-dealkylation sites (N-methyl/N-ethyl adjacent to an activating group) is 1. The molecule has 1 aliphatic heterocycles. The minimum Gasteiger partial charge on any atom is -0.389 e. The third-order valence-corrected chi connectivity index (χ3v) is 5.20. The Morgan fingerprint density at radius 3 is 2.82 bits per heavy atom. The summed E-state index contributed by atoms with van der Waals surface area (Å²) in [6.45, 7) is 1.59. The van der Waals surface area contributed by atoms with Crippen LogP contribution < -0.4 is 5.32 Å². The van der Waals surface area contributed by atoms with Gasteiger partial charge in [-0.05, 0) is 19.4 Å². The first-order valence-electron chi connectivity index (χ1n) is 5.81. The van der Waals surface area contributed by atoms with Crippen LogP contribution in [0, 0.1) is 0 Å². The van der Waals surface area contributed by atoms with Crippen LogP contribution in [0.5, 0.6) is 0 Å². The molecule has 0 aromatic rings. The minimum atomic E-state index is -3.32. The number of hydrogen-bond acceptors (Lipinski definition) is 5. The maximum Gasteiger partial charge on any atom is 0.218 e. The van der Waals surface area contributed by atoms with Crippen LogP contribution >= 0.6 is 0 Å². The molecule has 1 heterocycles. The van der Waals surface area contributed by atoms with Crippen molar-refractivity contribution in [2.24, 2.45) is 0 Å². The lowest BCUT2D eigenvalue weighted by molar-refractivity contribution is 0.0552. The zero-order valence-electron chi connectivity index (χ0n) is 10.4. The van der Waals surface area contributed by atoms with Crippen molar-refractivity contribution in [2.45, 2.75) is 24.2 Å². The van der Waals surface area contributed by atoms with Crippen LogP contribution in [0.4, 0.5) is 0 Å². The molecule has 102 valence electrons. The predicted octanol–water partition coefficient (Wildman–Crippen LogP) is -0.993. The number of sulfonamides is 1. The topological polar surface area (TPSA) is 78.9 Å². The van der Waals surface area contributed by atoms with Gasteiger partial charge in [0.25, 0.3) is 0 Å². The lowest BCUT2D eigenvalue weighted by Gasteiger charge is -2.28. The largest absolute Gasteiger partial charge is 0.389 e. The van der Waals surface area contributed by atoms with Gasteiger partial charge in [0.1, 0.15) is 0 Å². The molecule has 0 aromatic heterocycles. The molecule has 7 heteroatoms. The molecule has 1 fully saturated rings. The highest BCUT2D eigenvalue weighted by Crippen LogP contribution is 2.15. The molecule has 1 aliphatic rings. The SMILES string of the molecule is COCC(O)CN(C)S(=O)(=O)C1CCCNC1. The van der Waals surface area contributed by atoms with E-state index in [-0.39, 0.29) is 18.4 Å². The standard InChI is InChI=1S/C10H22N2O4S/c1-12(7-9(13)8-16-2)17(14,15)10-4-3-5-11-6-10/h9-11,13H,3-8H2,1-2H3. The molecule has 0 bridgehead atoms. The summed E-state index contributed by atoms with van der Waals surface area (Å²) in [5.41, 5.74) is 0.